The highest BCUT2D eigenvalue weighted by Gasteiger charge is 2.19. The molecule has 0 saturated heterocycles. The highest BCUT2D eigenvalue weighted by atomic mass is 79.9. The topological polar surface area (TPSA) is 81.1 Å². The Balaban J connectivity index is 2.82. The molecule has 1 atom stereocenters. The monoisotopic (exact) mass is 377 g/mol. The molecule has 1 aromatic rings. The van der Waals surface area contributed by atoms with Crippen molar-refractivity contribution in [3.63, 3.8) is 0 Å². The number of nitrogen functional groups attached to an aromatic ring is 1. The van der Waals surface area contributed by atoms with Crippen molar-refractivity contribution in [3.05, 3.63) is 26.6 Å². The summed E-state index contributed by atoms with van der Waals surface area (Å²) in [6.07, 6.45) is 0. The van der Waals surface area contributed by atoms with E-state index < -0.39 is 0 Å². The number of primary amides is 1. The minimum absolute atomic E-state index is 0.138. The van der Waals surface area contributed by atoms with Gasteiger partial charge in [-0.2, -0.15) is 0 Å². The van der Waals surface area contributed by atoms with Crippen molar-refractivity contribution in [2.45, 2.75) is 26.4 Å². The molecule has 1 aromatic carbocycles. The van der Waals surface area contributed by atoms with E-state index in [1.807, 2.05) is 26.0 Å². The van der Waals surface area contributed by atoms with Crippen LogP contribution in [0.15, 0.2) is 21.1 Å². The number of anilines is 1. The van der Waals surface area contributed by atoms with Crippen molar-refractivity contribution in [2.24, 2.45) is 11.7 Å². The van der Waals surface area contributed by atoms with Crippen LogP contribution in [-0.4, -0.2) is 11.9 Å². The van der Waals surface area contributed by atoms with Gasteiger partial charge in [0.15, 0.2) is 0 Å². The zero-order valence-electron chi connectivity index (χ0n) is 10.3. The van der Waals surface area contributed by atoms with Crippen molar-refractivity contribution in [2.75, 3.05) is 5.73 Å². The molecule has 0 bridgehead atoms. The van der Waals surface area contributed by atoms with E-state index in [9.17, 15) is 4.79 Å². The molecule has 4 nitrogen and oxygen atoms in total. The molecule has 6 heteroatoms. The van der Waals surface area contributed by atoms with Gasteiger partial charge in [-0.1, -0.05) is 29.8 Å². The summed E-state index contributed by atoms with van der Waals surface area (Å²) in [6, 6.07) is 3.44. The molecule has 0 aliphatic rings. The number of hydrogen-bond acceptors (Lipinski definition) is 3. The summed E-state index contributed by atoms with van der Waals surface area (Å²) in [5.74, 6) is -0.211. The van der Waals surface area contributed by atoms with Crippen molar-refractivity contribution in [1.29, 1.82) is 0 Å². The van der Waals surface area contributed by atoms with Gasteiger partial charge in [0.2, 0.25) is 5.91 Å². The zero-order chi connectivity index (χ0) is 13.9. The second-order valence-electron chi connectivity index (χ2n) is 4.47. The van der Waals surface area contributed by atoms with E-state index in [2.05, 4.69) is 37.2 Å². The van der Waals surface area contributed by atoms with Crippen LogP contribution < -0.4 is 16.8 Å². The van der Waals surface area contributed by atoms with Gasteiger partial charge in [0, 0.05) is 15.5 Å². The normalized spacial score (nSPS) is 12.7. The highest BCUT2D eigenvalue weighted by molar-refractivity contribution is 9.11. The van der Waals surface area contributed by atoms with E-state index in [1.54, 1.807) is 0 Å². The number of benzene rings is 1. The van der Waals surface area contributed by atoms with Gasteiger partial charge in [-0.25, -0.2) is 0 Å². The van der Waals surface area contributed by atoms with Crippen LogP contribution in [0.25, 0.3) is 0 Å². The Morgan fingerprint density at radius 3 is 2.50 bits per heavy atom. The van der Waals surface area contributed by atoms with Crippen molar-refractivity contribution in [1.82, 2.24) is 5.32 Å². The molecule has 5 N–H and O–H groups in total. The number of halogens is 2. The molecule has 0 saturated carbocycles. The fraction of sp³-hybridized carbons (Fsp3) is 0.417. The highest BCUT2D eigenvalue weighted by Crippen LogP contribution is 2.28. The molecule has 1 amide bonds. The lowest BCUT2D eigenvalue weighted by Gasteiger charge is -2.20. The molecular formula is C12H17Br2N3O. The number of rotatable bonds is 5. The van der Waals surface area contributed by atoms with E-state index in [0.29, 0.717) is 12.2 Å². The summed E-state index contributed by atoms with van der Waals surface area (Å²) in [5.41, 5.74) is 12.9. The van der Waals surface area contributed by atoms with E-state index in [1.165, 1.54) is 0 Å². The molecule has 100 valence electrons. The molecule has 1 rings (SSSR count). The summed E-state index contributed by atoms with van der Waals surface area (Å²) >= 11 is 6.79. The molecule has 0 aromatic heterocycles. The van der Waals surface area contributed by atoms with Crippen LogP contribution in [0.4, 0.5) is 5.69 Å². The van der Waals surface area contributed by atoms with E-state index in [4.69, 9.17) is 11.5 Å². The molecule has 0 spiro atoms. The molecular weight excluding hydrogens is 362 g/mol. The van der Waals surface area contributed by atoms with Crippen LogP contribution in [0.3, 0.4) is 0 Å². The second-order valence-corrected chi connectivity index (χ2v) is 6.24. The van der Waals surface area contributed by atoms with Crippen molar-refractivity contribution < 1.29 is 4.79 Å². The summed E-state index contributed by atoms with van der Waals surface area (Å²) in [7, 11) is 0. The van der Waals surface area contributed by atoms with Gasteiger partial charge in [-0.05, 0) is 39.5 Å². The van der Waals surface area contributed by atoms with E-state index >= 15 is 0 Å². The lowest BCUT2D eigenvalue weighted by molar-refractivity contribution is -0.121. The summed E-state index contributed by atoms with van der Waals surface area (Å²) in [4.78, 5) is 11.3. The summed E-state index contributed by atoms with van der Waals surface area (Å²) < 4.78 is 1.76. The third-order valence-electron chi connectivity index (χ3n) is 2.67. The first kappa shape index (κ1) is 15.5. The standard InChI is InChI=1S/C12H17Br2N3O/c1-6(2)11(12(16)18)17-5-7-3-8(13)4-9(14)10(7)15/h3-4,6,11,17H,5,15H2,1-2H3,(H2,16,18). The van der Waals surface area contributed by atoms with Gasteiger partial charge in [0.1, 0.15) is 0 Å². The fourth-order valence-corrected chi connectivity index (χ4v) is 2.98. The molecule has 18 heavy (non-hydrogen) atoms. The lowest BCUT2D eigenvalue weighted by Crippen LogP contribution is -2.44. The van der Waals surface area contributed by atoms with E-state index in [-0.39, 0.29) is 17.9 Å². The number of nitrogens with two attached hydrogens (primary N) is 2. The zero-order valence-corrected chi connectivity index (χ0v) is 13.5. The Kier molecular flexibility index (Phi) is 5.62. The molecule has 1 unspecified atom stereocenters. The minimum atomic E-state index is -0.359. The molecule has 0 heterocycles. The predicted octanol–water partition coefficient (Wildman–Crippen LogP) is 2.39. The minimum Gasteiger partial charge on any atom is -0.398 e. The maximum Gasteiger partial charge on any atom is 0.234 e. The molecule has 0 aliphatic heterocycles. The first-order chi connectivity index (χ1) is 8.32. The number of carbonyl (C=O) groups is 1. The smallest absolute Gasteiger partial charge is 0.234 e. The van der Waals surface area contributed by atoms with Gasteiger partial charge in [-0.3, -0.25) is 4.79 Å². The average Bonchev–Trinajstić information content (AvgIpc) is 2.23. The van der Waals surface area contributed by atoms with E-state index in [0.717, 1.165) is 14.5 Å². The third-order valence-corrected chi connectivity index (χ3v) is 3.78. The Bertz CT molecular complexity index is 449. The molecule has 0 radical (unpaired) electrons. The SMILES string of the molecule is CC(C)C(NCc1cc(Br)cc(Br)c1N)C(N)=O. The molecule has 0 fully saturated rings. The first-order valence-electron chi connectivity index (χ1n) is 5.59. The largest absolute Gasteiger partial charge is 0.398 e. The number of hydrogen-bond donors (Lipinski definition) is 3. The van der Waals surface area contributed by atoms with Gasteiger partial charge < -0.3 is 16.8 Å². The van der Waals surface area contributed by atoms with Crippen LogP contribution in [0.5, 0.6) is 0 Å². The maximum atomic E-state index is 11.3. The van der Waals surface area contributed by atoms with Crippen molar-refractivity contribution >= 4 is 43.5 Å². The number of carbonyl (C=O) groups excluding carboxylic acids is 1. The predicted molar refractivity (Wildman–Crippen MR) is 80.9 cm³/mol. The van der Waals surface area contributed by atoms with Crippen LogP contribution in [0.2, 0.25) is 0 Å². The van der Waals surface area contributed by atoms with Gasteiger partial charge in [0.25, 0.3) is 0 Å². The van der Waals surface area contributed by atoms with Crippen LogP contribution in [-0.2, 0) is 11.3 Å². The Labute approximate surface area is 124 Å². The van der Waals surface area contributed by atoms with Gasteiger partial charge in [0.05, 0.1) is 11.7 Å². The fourth-order valence-electron chi connectivity index (χ4n) is 1.67. The van der Waals surface area contributed by atoms with Crippen LogP contribution in [0, 0.1) is 5.92 Å². The lowest BCUT2D eigenvalue weighted by atomic mass is 10.0. The Hall–Kier alpha value is -0.590. The number of nitrogens with one attached hydrogen (secondary N) is 1. The first-order valence-corrected chi connectivity index (χ1v) is 7.17. The molecule has 0 aliphatic carbocycles. The van der Waals surface area contributed by atoms with Crippen molar-refractivity contribution in [3.8, 4) is 0 Å². The van der Waals surface area contributed by atoms with Crippen LogP contribution in [0.1, 0.15) is 19.4 Å². The summed E-state index contributed by atoms with van der Waals surface area (Å²) in [5, 5.41) is 3.13. The van der Waals surface area contributed by atoms with Crippen LogP contribution >= 0.6 is 31.9 Å². The second kappa shape index (κ2) is 6.54. The Morgan fingerprint density at radius 1 is 1.39 bits per heavy atom. The Morgan fingerprint density at radius 2 is 2.00 bits per heavy atom. The summed E-state index contributed by atoms with van der Waals surface area (Å²) in [6.45, 7) is 4.39. The quantitative estimate of drug-likeness (QED) is 0.688. The average molecular weight is 379 g/mol. The maximum absolute atomic E-state index is 11.3. The third kappa shape index (κ3) is 3.96. The van der Waals surface area contributed by atoms with Gasteiger partial charge in [-0.15, -0.1) is 0 Å². The number of amides is 1. The van der Waals surface area contributed by atoms with Gasteiger partial charge >= 0.3 is 0 Å².